The largest absolute Gasteiger partial charge is 0.471 e. The Morgan fingerprint density at radius 3 is 2.50 bits per heavy atom. The highest BCUT2D eigenvalue weighted by molar-refractivity contribution is 5.81. The van der Waals surface area contributed by atoms with E-state index in [-0.39, 0.29) is 6.42 Å². The molecular formula is C16H24FNO6. The molecule has 0 aliphatic rings. The second kappa shape index (κ2) is 11.2. The van der Waals surface area contributed by atoms with Gasteiger partial charge >= 0.3 is 12.1 Å². The van der Waals surface area contributed by atoms with E-state index >= 15 is 0 Å². The highest BCUT2D eigenvalue weighted by Gasteiger charge is 2.26. The topological polar surface area (TPSA) is 94.1 Å². The Morgan fingerprint density at radius 2 is 2.00 bits per heavy atom. The van der Waals surface area contributed by atoms with Gasteiger partial charge in [-0.3, -0.25) is 4.89 Å². The van der Waals surface area contributed by atoms with Gasteiger partial charge in [0.25, 0.3) is 0 Å². The Kier molecular flexibility index (Phi) is 10.1. The zero-order valence-electron chi connectivity index (χ0n) is 14.2. The van der Waals surface area contributed by atoms with Crippen molar-refractivity contribution in [3.05, 3.63) is 36.1 Å². The molecule has 0 aliphatic heterocycles. The Morgan fingerprint density at radius 1 is 1.33 bits per heavy atom. The summed E-state index contributed by atoms with van der Waals surface area (Å²) in [5.74, 6) is -1.04. The molecule has 7 nitrogen and oxygen atoms in total. The van der Waals surface area contributed by atoms with Crippen molar-refractivity contribution < 1.29 is 33.6 Å². The molecule has 1 amide bonds. The van der Waals surface area contributed by atoms with E-state index in [0.717, 1.165) is 6.26 Å². The summed E-state index contributed by atoms with van der Waals surface area (Å²) < 4.78 is 21.3. The minimum absolute atomic E-state index is 0.0168. The number of allylic oxidation sites excluding steroid dienone is 4. The van der Waals surface area contributed by atoms with E-state index in [2.05, 4.69) is 14.9 Å². The van der Waals surface area contributed by atoms with Crippen molar-refractivity contribution >= 4 is 12.1 Å². The predicted molar refractivity (Wildman–Crippen MR) is 85.6 cm³/mol. The van der Waals surface area contributed by atoms with E-state index in [1.807, 2.05) is 0 Å². The first-order chi connectivity index (χ1) is 11.2. The third-order valence-electron chi connectivity index (χ3n) is 2.43. The molecule has 0 aliphatic carbocycles. The van der Waals surface area contributed by atoms with Crippen LogP contribution in [0.15, 0.2) is 36.1 Å². The van der Waals surface area contributed by atoms with Crippen LogP contribution in [0.25, 0.3) is 0 Å². The fraction of sp³-hybridized carbons (Fsp3) is 0.500. The molecule has 0 spiro atoms. The van der Waals surface area contributed by atoms with Crippen LogP contribution >= 0.6 is 0 Å². The maximum Gasteiger partial charge on any atom is 0.408 e. The Balaban J connectivity index is 5.08. The lowest BCUT2D eigenvalue weighted by molar-refractivity contribution is -0.236. The Bertz CT molecular complexity index is 493. The molecule has 0 aromatic heterocycles. The fourth-order valence-corrected chi connectivity index (χ4v) is 1.60. The average Bonchev–Trinajstić information content (AvgIpc) is 2.48. The van der Waals surface area contributed by atoms with Gasteiger partial charge in [-0.1, -0.05) is 18.2 Å². The second-order valence-electron chi connectivity index (χ2n) is 5.66. The highest BCUT2D eigenvalue weighted by atomic mass is 19.1. The molecule has 0 aromatic rings. The van der Waals surface area contributed by atoms with Crippen LogP contribution in [0.5, 0.6) is 0 Å². The summed E-state index contributed by atoms with van der Waals surface area (Å²) in [5, 5.41) is 10.9. The highest BCUT2D eigenvalue weighted by Crippen LogP contribution is 2.12. The number of hydrogen-bond acceptors (Lipinski definition) is 6. The van der Waals surface area contributed by atoms with Crippen molar-refractivity contribution in [2.75, 3.05) is 6.86 Å². The number of amides is 1. The molecule has 8 heteroatoms. The summed E-state index contributed by atoms with van der Waals surface area (Å²) >= 11 is 0. The van der Waals surface area contributed by atoms with E-state index in [1.54, 1.807) is 45.9 Å². The molecule has 0 rings (SSSR count). The summed E-state index contributed by atoms with van der Waals surface area (Å²) in [6.45, 7) is 5.82. The standard InChI is InChI=1S/C16H24FNO6/c1-5-7-12(8-6-9-22-11-17)10-13(14(19)24-21)18-15(20)23-16(2,3)4/h5-9,13,21H,10-11H2,1-4H3,(H,18,20)/b7-5-,9-6+,12-8+. The summed E-state index contributed by atoms with van der Waals surface area (Å²) in [6.07, 6.45) is 6.72. The lowest BCUT2D eigenvalue weighted by Crippen LogP contribution is -2.44. The number of carbonyl (C=O) groups excluding carboxylic acids is 2. The van der Waals surface area contributed by atoms with Crippen LogP contribution in [0.3, 0.4) is 0 Å². The van der Waals surface area contributed by atoms with Gasteiger partial charge < -0.3 is 14.8 Å². The number of carbonyl (C=O) groups is 2. The monoisotopic (exact) mass is 345 g/mol. The average molecular weight is 345 g/mol. The second-order valence-corrected chi connectivity index (χ2v) is 5.66. The van der Waals surface area contributed by atoms with Crippen LogP contribution in [0.4, 0.5) is 9.18 Å². The zero-order chi connectivity index (χ0) is 18.6. The first-order valence-corrected chi connectivity index (χ1v) is 7.24. The van der Waals surface area contributed by atoms with Crippen LogP contribution in [0, 0.1) is 0 Å². The van der Waals surface area contributed by atoms with E-state index in [9.17, 15) is 14.0 Å². The number of alkyl carbamates (subject to hydrolysis) is 1. The molecule has 2 N–H and O–H groups in total. The van der Waals surface area contributed by atoms with Gasteiger partial charge in [0.15, 0.2) is 0 Å². The van der Waals surface area contributed by atoms with Crippen LogP contribution in [0.2, 0.25) is 0 Å². The van der Waals surface area contributed by atoms with Crippen LogP contribution in [-0.4, -0.2) is 35.8 Å². The molecule has 0 saturated carbocycles. The normalized spacial score (nSPS) is 13.8. The Hall–Kier alpha value is -2.35. The number of halogens is 1. The van der Waals surface area contributed by atoms with Crippen LogP contribution < -0.4 is 5.32 Å². The van der Waals surface area contributed by atoms with Crippen molar-refractivity contribution in [2.24, 2.45) is 0 Å². The maximum absolute atomic E-state index is 11.8. The van der Waals surface area contributed by atoms with Gasteiger partial charge in [0.05, 0.1) is 6.26 Å². The summed E-state index contributed by atoms with van der Waals surface area (Å²) in [7, 11) is 0. The van der Waals surface area contributed by atoms with Crippen LogP contribution in [-0.2, 0) is 19.2 Å². The minimum atomic E-state index is -1.16. The van der Waals surface area contributed by atoms with Gasteiger partial charge in [-0.2, -0.15) is 5.26 Å². The third kappa shape index (κ3) is 10.4. The number of rotatable bonds is 8. The van der Waals surface area contributed by atoms with Crippen molar-refractivity contribution in [2.45, 2.75) is 45.8 Å². The number of alkyl halides is 1. The lowest BCUT2D eigenvalue weighted by Gasteiger charge is -2.22. The maximum atomic E-state index is 11.8. The SMILES string of the molecule is C\C=C/C(=C\C=C\OCF)CC(NC(=O)OC(C)(C)C)C(=O)OO. The smallest absolute Gasteiger partial charge is 0.408 e. The molecule has 1 atom stereocenters. The van der Waals surface area contributed by atoms with Crippen molar-refractivity contribution in [3.63, 3.8) is 0 Å². The van der Waals surface area contributed by atoms with Gasteiger partial charge in [-0.25, -0.2) is 14.0 Å². The third-order valence-corrected chi connectivity index (χ3v) is 2.43. The Labute approximate surface area is 140 Å². The van der Waals surface area contributed by atoms with Crippen molar-refractivity contribution in [1.82, 2.24) is 5.32 Å². The number of nitrogens with one attached hydrogen (secondary N) is 1. The molecule has 0 fully saturated rings. The first kappa shape index (κ1) is 21.6. The first-order valence-electron chi connectivity index (χ1n) is 7.24. The summed E-state index contributed by atoms with van der Waals surface area (Å²) in [4.78, 5) is 27.1. The van der Waals surface area contributed by atoms with Gasteiger partial charge in [0.2, 0.25) is 6.86 Å². The van der Waals surface area contributed by atoms with Crippen molar-refractivity contribution in [1.29, 1.82) is 0 Å². The van der Waals surface area contributed by atoms with Gasteiger partial charge in [0.1, 0.15) is 11.6 Å². The van der Waals surface area contributed by atoms with E-state index in [4.69, 9.17) is 9.99 Å². The molecule has 0 aromatic carbocycles. The molecule has 0 radical (unpaired) electrons. The van der Waals surface area contributed by atoms with Crippen LogP contribution in [0.1, 0.15) is 34.1 Å². The van der Waals surface area contributed by atoms with E-state index < -0.39 is 30.6 Å². The molecule has 0 saturated heterocycles. The van der Waals surface area contributed by atoms with E-state index in [0.29, 0.717) is 5.57 Å². The summed E-state index contributed by atoms with van der Waals surface area (Å²) in [5.41, 5.74) is -0.144. The van der Waals surface area contributed by atoms with Gasteiger partial charge in [0, 0.05) is 6.42 Å². The summed E-state index contributed by atoms with van der Waals surface area (Å²) in [6, 6.07) is -1.16. The lowest BCUT2D eigenvalue weighted by atomic mass is 10.1. The molecule has 0 bridgehead atoms. The quantitative estimate of drug-likeness (QED) is 0.303. The zero-order valence-corrected chi connectivity index (χ0v) is 14.2. The number of ether oxygens (including phenoxy) is 2. The molecule has 24 heavy (non-hydrogen) atoms. The fourth-order valence-electron chi connectivity index (χ4n) is 1.60. The molecular weight excluding hydrogens is 321 g/mol. The number of hydrogen-bond donors (Lipinski definition) is 2. The molecule has 0 heterocycles. The molecule has 1 unspecified atom stereocenters. The van der Waals surface area contributed by atoms with Crippen molar-refractivity contribution in [3.8, 4) is 0 Å². The predicted octanol–water partition coefficient (Wildman–Crippen LogP) is 3.25. The minimum Gasteiger partial charge on any atom is -0.471 e. The van der Waals surface area contributed by atoms with E-state index in [1.165, 1.54) is 6.08 Å². The van der Waals surface area contributed by atoms with Gasteiger partial charge in [-0.05, 0) is 39.3 Å². The molecule has 136 valence electrons. The van der Waals surface area contributed by atoms with Gasteiger partial charge in [-0.15, -0.1) is 0 Å².